The second kappa shape index (κ2) is 8.59. The zero-order valence-corrected chi connectivity index (χ0v) is 14.8. The second-order valence-electron chi connectivity index (χ2n) is 6.48. The highest BCUT2D eigenvalue weighted by Crippen LogP contribution is 2.18. The average molecular weight is 372 g/mol. The Morgan fingerprint density at radius 3 is 2.63 bits per heavy atom. The summed E-state index contributed by atoms with van der Waals surface area (Å²) in [6.45, 7) is 3.43. The van der Waals surface area contributed by atoms with Crippen LogP contribution in [0.3, 0.4) is 0 Å². The predicted octanol–water partition coefficient (Wildman–Crippen LogP) is 3.47. The Morgan fingerprint density at radius 2 is 1.89 bits per heavy atom. The summed E-state index contributed by atoms with van der Waals surface area (Å²) < 4.78 is 13.0. The average Bonchev–Trinajstić information content (AvgIpc) is 2.89. The monoisotopic (exact) mass is 372 g/mol. The fourth-order valence-corrected chi connectivity index (χ4v) is 3.08. The molecule has 1 aliphatic heterocycles. The Labute approximate surface area is 156 Å². The zero-order valence-electron chi connectivity index (χ0n) is 14.8. The van der Waals surface area contributed by atoms with Gasteiger partial charge in [0.05, 0.1) is 4.92 Å². The van der Waals surface area contributed by atoms with Crippen molar-refractivity contribution >= 4 is 17.4 Å². The van der Waals surface area contributed by atoms with Crippen LogP contribution >= 0.6 is 0 Å². The number of hydrogen-bond acceptors (Lipinski definition) is 4. The van der Waals surface area contributed by atoms with E-state index in [1.165, 1.54) is 24.3 Å². The summed E-state index contributed by atoms with van der Waals surface area (Å²) in [4.78, 5) is 26.8. The summed E-state index contributed by atoms with van der Waals surface area (Å²) in [5.41, 5.74) is 1.38. The van der Waals surface area contributed by atoms with Crippen LogP contribution in [0.15, 0.2) is 48.5 Å². The molecular weight excluding hydrogens is 351 g/mol. The summed E-state index contributed by atoms with van der Waals surface area (Å²) in [5.74, 6) is -0.251. The molecule has 3 rings (SSSR count). The van der Waals surface area contributed by atoms with E-state index in [1.807, 2.05) is 0 Å². The summed E-state index contributed by atoms with van der Waals surface area (Å²) in [7, 11) is 0. The fraction of sp³-hybridized carbons (Fsp3) is 0.316. The lowest BCUT2D eigenvalue weighted by atomic mass is 10.2. The second-order valence-corrected chi connectivity index (χ2v) is 6.48. The number of hydrogen-bond donors (Lipinski definition) is 1. The van der Waals surface area contributed by atoms with Crippen LogP contribution in [0.4, 0.5) is 20.6 Å². The van der Waals surface area contributed by atoms with Crippen molar-refractivity contribution in [2.75, 3.05) is 31.5 Å². The van der Waals surface area contributed by atoms with Crippen molar-refractivity contribution in [1.82, 2.24) is 9.80 Å². The third-order valence-electron chi connectivity index (χ3n) is 4.50. The molecule has 7 nitrogen and oxygen atoms in total. The molecule has 0 spiro atoms. The summed E-state index contributed by atoms with van der Waals surface area (Å²) in [6.07, 6.45) is 0.823. The number of anilines is 1. The number of nitrogens with one attached hydrogen (secondary N) is 1. The van der Waals surface area contributed by atoms with E-state index in [0.717, 1.165) is 18.5 Å². The van der Waals surface area contributed by atoms with Crippen LogP contribution < -0.4 is 5.32 Å². The van der Waals surface area contributed by atoms with Gasteiger partial charge < -0.3 is 10.2 Å². The molecule has 2 aromatic rings. The van der Waals surface area contributed by atoms with E-state index in [-0.39, 0.29) is 17.5 Å². The topological polar surface area (TPSA) is 78.7 Å². The first kappa shape index (κ1) is 18.8. The lowest BCUT2D eigenvalue weighted by Crippen LogP contribution is -2.38. The molecule has 2 amide bonds. The van der Waals surface area contributed by atoms with E-state index in [9.17, 15) is 19.3 Å². The Balaban J connectivity index is 1.55. The lowest BCUT2D eigenvalue weighted by molar-refractivity contribution is -0.384. The Kier molecular flexibility index (Phi) is 5.97. The molecule has 8 heteroatoms. The number of nitro groups is 1. The molecule has 1 heterocycles. The molecule has 0 aromatic heterocycles. The van der Waals surface area contributed by atoms with Gasteiger partial charge >= 0.3 is 6.03 Å². The smallest absolute Gasteiger partial charge is 0.321 e. The highest BCUT2D eigenvalue weighted by atomic mass is 19.1. The number of amides is 2. The van der Waals surface area contributed by atoms with Gasteiger partial charge in [-0.1, -0.05) is 18.2 Å². The van der Waals surface area contributed by atoms with Crippen molar-refractivity contribution in [2.24, 2.45) is 0 Å². The van der Waals surface area contributed by atoms with Crippen LogP contribution in [0.5, 0.6) is 0 Å². The molecule has 0 radical (unpaired) electrons. The molecule has 0 aliphatic carbocycles. The van der Waals surface area contributed by atoms with Crippen LogP contribution in [0, 0.1) is 15.9 Å². The molecule has 0 unspecified atom stereocenters. The number of nitro benzene ring substituents is 1. The summed E-state index contributed by atoms with van der Waals surface area (Å²) in [6, 6.07) is 12.1. The number of carbonyl (C=O) groups excluding carboxylic acids is 1. The highest BCUT2D eigenvalue weighted by molar-refractivity contribution is 5.89. The maximum atomic E-state index is 13.0. The quantitative estimate of drug-likeness (QED) is 0.658. The minimum absolute atomic E-state index is 0.0610. The van der Waals surface area contributed by atoms with Gasteiger partial charge in [0.25, 0.3) is 5.69 Å². The molecule has 1 aliphatic rings. The zero-order chi connectivity index (χ0) is 19.2. The number of benzene rings is 2. The maximum Gasteiger partial charge on any atom is 0.321 e. The molecular formula is C19H21FN4O3. The summed E-state index contributed by atoms with van der Waals surface area (Å²) >= 11 is 0. The van der Waals surface area contributed by atoms with Gasteiger partial charge in [-0.05, 0) is 30.2 Å². The lowest BCUT2D eigenvalue weighted by Gasteiger charge is -2.22. The Hall–Kier alpha value is -3.00. The molecule has 1 fully saturated rings. The normalized spacial score (nSPS) is 15.2. The SMILES string of the molecule is O=C(Nc1cccc([N+](=O)[O-])c1)N1CCCN(Cc2ccc(F)cc2)CC1. The molecule has 0 bridgehead atoms. The van der Waals surface area contributed by atoms with E-state index >= 15 is 0 Å². The van der Waals surface area contributed by atoms with E-state index < -0.39 is 4.92 Å². The maximum absolute atomic E-state index is 13.0. The third kappa shape index (κ3) is 5.24. The minimum atomic E-state index is -0.491. The third-order valence-corrected chi connectivity index (χ3v) is 4.50. The van der Waals surface area contributed by atoms with Crippen molar-refractivity contribution in [1.29, 1.82) is 0 Å². The van der Waals surface area contributed by atoms with Gasteiger partial charge in [-0.3, -0.25) is 15.0 Å². The molecule has 27 heavy (non-hydrogen) atoms. The van der Waals surface area contributed by atoms with Crippen LogP contribution in [0.2, 0.25) is 0 Å². The van der Waals surface area contributed by atoms with Gasteiger partial charge in [0.15, 0.2) is 0 Å². The van der Waals surface area contributed by atoms with Crippen molar-refractivity contribution < 1.29 is 14.1 Å². The number of urea groups is 1. The number of halogens is 1. The van der Waals surface area contributed by atoms with Crippen LogP contribution in [0.25, 0.3) is 0 Å². The molecule has 1 saturated heterocycles. The largest absolute Gasteiger partial charge is 0.323 e. The Morgan fingerprint density at radius 1 is 1.11 bits per heavy atom. The van der Waals surface area contributed by atoms with Crippen LogP contribution in [-0.2, 0) is 6.54 Å². The van der Waals surface area contributed by atoms with Gasteiger partial charge in [0.2, 0.25) is 0 Å². The predicted molar refractivity (Wildman–Crippen MR) is 100.0 cm³/mol. The number of nitrogens with zero attached hydrogens (tertiary/aromatic N) is 3. The molecule has 2 aromatic carbocycles. The molecule has 1 N–H and O–H groups in total. The van der Waals surface area contributed by atoms with E-state index in [1.54, 1.807) is 29.2 Å². The van der Waals surface area contributed by atoms with Crippen molar-refractivity contribution in [3.63, 3.8) is 0 Å². The number of non-ortho nitro benzene ring substituents is 1. The van der Waals surface area contributed by atoms with Crippen LogP contribution in [-0.4, -0.2) is 46.9 Å². The van der Waals surface area contributed by atoms with Gasteiger partial charge in [-0.15, -0.1) is 0 Å². The first-order valence-corrected chi connectivity index (χ1v) is 8.78. The van der Waals surface area contributed by atoms with Crippen molar-refractivity contribution in [2.45, 2.75) is 13.0 Å². The molecule has 0 saturated carbocycles. The Bertz CT molecular complexity index is 813. The first-order valence-electron chi connectivity index (χ1n) is 8.78. The number of rotatable bonds is 4. The van der Waals surface area contributed by atoms with Gasteiger partial charge in [-0.25, -0.2) is 9.18 Å². The van der Waals surface area contributed by atoms with Crippen molar-refractivity contribution in [3.8, 4) is 0 Å². The van der Waals surface area contributed by atoms with Gasteiger partial charge in [0, 0.05) is 50.5 Å². The molecule has 142 valence electrons. The van der Waals surface area contributed by atoms with Crippen LogP contribution in [0.1, 0.15) is 12.0 Å². The minimum Gasteiger partial charge on any atom is -0.323 e. The molecule has 0 atom stereocenters. The van der Waals surface area contributed by atoms with Crippen molar-refractivity contribution in [3.05, 3.63) is 70.0 Å². The standard InChI is InChI=1S/C19H21FN4O3/c20-16-7-5-15(6-8-16)14-22-9-2-10-23(12-11-22)19(25)21-17-3-1-4-18(13-17)24(26)27/h1,3-8,13H,2,9-12,14H2,(H,21,25). The summed E-state index contributed by atoms with van der Waals surface area (Å²) in [5, 5.41) is 13.6. The fourth-order valence-electron chi connectivity index (χ4n) is 3.08. The van der Waals surface area contributed by atoms with E-state index in [2.05, 4.69) is 10.2 Å². The van der Waals surface area contributed by atoms with Gasteiger partial charge in [-0.2, -0.15) is 0 Å². The van der Waals surface area contributed by atoms with Gasteiger partial charge in [0.1, 0.15) is 5.82 Å². The highest BCUT2D eigenvalue weighted by Gasteiger charge is 2.20. The first-order chi connectivity index (χ1) is 13.0. The van der Waals surface area contributed by atoms with E-state index in [0.29, 0.717) is 31.9 Å². The number of carbonyl (C=O) groups is 1. The van der Waals surface area contributed by atoms with E-state index in [4.69, 9.17) is 0 Å².